The Morgan fingerprint density at radius 1 is 1.50 bits per heavy atom. The van der Waals surface area contributed by atoms with Crippen LogP contribution in [0, 0.1) is 6.92 Å². The zero-order valence-corrected chi connectivity index (χ0v) is 10.4. The van der Waals surface area contributed by atoms with Gasteiger partial charge in [-0.15, -0.1) is 11.3 Å². The summed E-state index contributed by atoms with van der Waals surface area (Å²) in [5, 5.41) is 9.67. The molecule has 0 bridgehead atoms. The fraction of sp³-hybridized carbons (Fsp3) is 0.455. The van der Waals surface area contributed by atoms with Gasteiger partial charge >= 0.3 is 0 Å². The summed E-state index contributed by atoms with van der Waals surface area (Å²) in [6.45, 7) is 3.91. The smallest absolute Gasteiger partial charge is 0.0795 e. The second-order valence-corrected chi connectivity index (χ2v) is 4.50. The highest BCUT2D eigenvalue weighted by Gasteiger charge is 2.02. The maximum absolute atomic E-state index is 4.22. The second-order valence-electron chi connectivity index (χ2n) is 3.79. The number of thiazole rings is 1. The van der Waals surface area contributed by atoms with E-state index >= 15 is 0 Å². The third kappa shape index (κ3) is 2.68. The average Bonchev–Trinajstić information content (AvgIpc) is 2.88. The highest BCUT2D eigenvalue weighted by Crippen LogP contribution is 2.05. The van der Waals surface area contributed by atoms with Gasteiger partial charge in [-0.2, -0.15) is 5.10 Å². The molecule has 0 spiro atoms. The Hall–Kier alpha value is -1.20. The van der Waals surface area contributed by atoms with Crippen LogP contribution < -0.4 is 5.32 Å². The zero-order valence-electron chi connectivity index (χ0n) is 9.60. The molecule has 0 amide bonds. The molecule has 2 heterocycles. The molecule has 0 unspecified atom stereocenters. The summed E-state index contributed by atoms with van der Waals surface area (Å²) in [6, 6.07) is 0. The fourth-order valence-corrected chi connectivity index (χ4v) is 2.11. The van der Waals surface area contributed by atoms with Crippen molar-refractivity contribution < 1.29 is 0 Å². The van der Waals surface area contributed by atoms with Crippen LogP contribution in [0.15, 0.2) is 17.1 Å². The molecule has 16 heavy (non-hydrogen) atoms. The van der Waals surface area contributed by atoms with Crippen molar-refractivity contribution in [1.82, 2.24) is 20.1 Å². The number of rotatable bonds is 5. The van der Waals surface area contributed by atoms with E-state index < -0.39 is 0 Å². The minimum atomic E-state index is 0.850. The molecule has 0 saturated heterocycles. The van der Waals surface area contributed by atoms with Crippen molar-refractivity contribution in [2.24, 2.45) is 7.05 Å². The molecule has 1 N–H and O–H groups in total. The maximum atomic E-state index is 4.22. The van der Waals surface area contributed by atoms with E-state index in [-0.39, 0.29) is 0 Å². The van der Waals surface area contributed by atoms with Gasteiger partial charge in [0.15, 0.2) is 0 Å². The van der Waals surface area contributed by atoms with Crippen molar-refractivity contribution >= 4 is 11.3 Å². The Labute approximate surface area is 99.3 Å². The number of aryl methyl sites for hydroxylation is 1. The van der Waals surface area contributed by atoms with Gasteiger partial charge < -0.3 is 5.32 Å². The van der Waals surface area contributed by atoms with Gasteiger partial charge in [-0.25, -0.2) is 4.98 Å². The van der Waals surface area contributed by atoms with Crippen molar-refractivity contribution in [3.8, 4) is 0 Å². The van der Waals surface area contributed by atoms with E-state index in [1.165, 1.54) is 11.3 Å². The number of hydrogen-bond acceptors (Lipinski definition) is 4. The highest BCUT2D eigenvalue weighted by molar-refractivity contribution is 7.07. The van der Waals surface area contributed by atoms with Gasteiger partial charge in [0.25, 0.3) is 0 Å². The lowest BCUT2D eigenvalue weighted by molar-refractivity contribution is 0.674. The Morgan fingerprint density at radius 3 is 3.00 bits per heavy atom. The predicted molar refractivity (Wildman–Crippen MR) is 65.5 cm³/mol. The largest absolute Gasteiger partial charge is 0.311 e. The molecule has 0 aliphatic rings. The van der Waals surface area contributed by atoms with Crippen LogP contribution in [0.5, 0.6) is 0 Å². The van der Waals surface area contributed by atoms with Crippen LogP contribution >= 0.6 is 11.3 Å². The lowest BCUT2D eigenvalue weighted by Gasteiger charge is -2.02. The second kappa shape index (κ2) is 5.23. The normalized spacial score (nSPS) is 10.9. The molecule has 2 rings (SSSR count). The maximum Gasteiger partial charge on any atom is 0.0795 e. The molecule has 0 aromatic carbocycles. The monoisotopic (exact) mass is 236 g/mol. The summed E-state index contributed by atoms with van der Waals surface area (Å²) >= 11 is 1.64. The molecule has 0 fully saturated rings. The Bertz CT molecular complexity index is 433. The van der Waals surface area contributed by atoms with Crippen molar-refractivity contribution in [2.75, 3.05) is 6.54 Å². The lowest BCUT2D eigenvalue weighted by atomic mass is 10.2. The van der Waals surface area contributed by atoms with E-state index in [9.17, 15) is 0 Å². The molecule has 5 heteroatoms. The van der Waals surface area contributed by atoms with Crippen LogP contribution in [-0.2, 0) is 20.0 Å². The van der Waals surface area contributed by atoms with Crippen LogP contribution in [0.2, 0.25) is 0 Å². The van der Waals surface area contributed by atoms with Crippen LogP contribution in [-0.4, -0.2) is 21.3 Å². The molecule has 2 aromatic heterocycles. The summed E-state index contributed by atoms with van der Waals surface area (Å²) in [4.78, 5) is 4.22. The number of aromatic nitrogens is 3. The Balaban J connectivity index is 1.74. The van der Waals surface area contributed by atoms with Crippen molar-refractivity contribution in [3.63, 3.8) is 0 Å². The van der Waals surface area contributed by atoms with Crippen LogP contribution in [0.25, 0.3) is 0 Å². The minimum Gasteiger partial charge on any atom is -0.311 e. The third-order valence-electron chi connectivity index (χ3n) is 2.70. The molecular weight excluding hydrogens is 220 g/mol. The molecule has 0 saturated carbocycles. The molecule has 0 radical (unpaired) electrons. The van der Waals surface area contributed by atoms with E-state index in [4.69, 9.17) is 0 Å². The Morgan fingerprint density at radius 2 is 2.38 bits per heavy atom. The Kier molecular flexibility index (Phi) is 3.69. The van der Waals surface area contributed by atoms with Crippen LogP contribution in [0.3, 0.4) is 0 Å². The lowest BCUT2D eigenvalue weighted by Crippen LogP contribution is -2.17. The predicted octanol–water partition coefficient (Wildman–Crippen LogP) is 1.52. The molecule has 0 aliphatic heterocycles. The van der Waals surface area contributed by atoms with Gasteiger partial charge in [-0.3, -0.25) is 4.68 Å². The topological polar surface area (TPSA) is 42.7 Å². The molecular formula is C11H16N4S. The van der Waals surface area contributed by atoms with E-state index in [1.807, 2.05) is 23.4 Å². The van der Waals surface area contributed by atoms with E-state index in [0.717, 1.165) is 25.2 Å². The van der Waals surface area contributed by atoms with E-state index in [1.54, 1.807) is 11.3 Å². The number of nitrogens with one attached hydrogen (secondary N) is 1. The zero-order chi connectivity index (χ0) is 11.4. The first-order valence-corrected chi connectivity index (χ1v) is 6.27. The standard InChI is InChI=1S/C11H16N4S/c1-9-10(5-14-15(9)2)3-4-12-6-11-7-16-8-13-11/h5,7-8,12H,3-4,6H2,1-2H3. The number of nitrogens with zero attached hydrogens (tertiary/aromatic N) is 3. The van der Waals surface area contributed by atoms with Gasteiger partial charge in [-0.05, 0) is 25.5 Å². The minimum absolute atomic E-state index is 0.850. The van der Waals surface area contributed by atoms with Crippen molar-refractivity contribution in [3.05, 3.63) is 34.0 Å². The third-order valence-corrected chi connectivity index (χ3v) is 3.33. The molecule has 86 valence electrons. The van der Waals surface area contributed by atoms with Gasteiger partial charge in [0.2, 0.25) is 0 Å². The molecule has 0 atom stereocenters. The summed E-state index contributed by atoms with van der Waals surface area (Å²) in [5.41, 5.74) is 5.54. The number of hydrogen-bond donors (Lipinski definition) is 1. The van der Waals surface area contributed by atoms with Gasteiger partial charge in [0, 0.05) is 24.7 Å². The first kappa shape index (κ1) is 11.3. The van der Waals surface area contributed by atoms with Crippen molar-refractivity contribution in [2.45, 2.75) is 19.9 Å². The van der Waals surface area contributed by atoms with Crippen molar-refractivity contribution in [1.29, 1.82) is 0 Å². The first-order chi connectivity index (χ1) is 7.77. The SMILES string of the molecule is Cc1c(CCNCc2cscn2)cnn1C. The van der Waals surface area contributed by atoms with E-state index in [2.05, 4.69) is 27.7 Å². The first-order valence-electron chi connectivity index (χ1n) is 5.32. The van der Waals surface area contributed by atoms with Gasteiger partial charge in [0.1, 0.15) is 0 Å². The van der Waals surface area contributed by atoms with Crippen LogP contribution in [0.4, 0.5) is 0 Å². The van der Waals surface area contributed by atoms with Gasteiger partial charge in [-0.1, -0.05) is 0 Å². The highest BCUT2D eigenvalue weighted by atomic mass is 32.1. The summed E-state index contributed by atoms with van der Waals surface area (Å²) in [5.74, 6) is 0. The summed E-state index contributed by atoms with van der Waals surface area (Å²) < 4.78 is 1.91. The summed E-state index contributed by atoms with van der Waals surface area (Å²) in [6.07, 6.45) is 2.96. The summed E-state index contributed by atoms with van der Waals surface area (Å²) in [7, 11) is 1.97. The average molecular weight is 236 g/mol. The van der Waals surface area contributed by atoms with Gasteiger partial charge in [0.05, 0.1) is 17.4 Å². The van der Waals surface area contributed by atoms with E-state index in [0.29, 0.717) is 0 Å². The molecule has 0 aliphatic carbocycles. The quantitative estimate of drug-likeness (QED) is 0.800. The van der Waals surface area contributed by atoms with Crippen LogP contribution in [0.1, 0.15) is 17.0 Å². The molecule has 4 nitrogen and oxygen atoms in total. The fourth-order valence-electron chi connectivity index (χ4n) is 1.55. The molecule has 2 aromatic rings.